The lowest BCUT2D eigenvalue weighted by Gasteiger charge is -2.09. The molecule has 8 nitrogen and oxygen atoms in total. The van der Waals surface area contributed by atoms with Crippen LogP contribution >= 0.6 is 0 Å². The maximum Gasteiger partial charge on any atom is 0.339 e. The van der Waals surface area contributed by atoms with Crippen LogP contribution in [-0.2, 0) is 19.6 Å². The number of hydrogen-bond donors (Lipinski definition) is 2. The molecule has 0 heterocycles. The third kappa shape index (κ3) is 4.43. The summed E-state index contributed by atoms with van der Waals surface area (Å²) in [5.41, 5.74) is -0.270. The standard InChI is InChI=1S/C12H15NO7S/c1-19-10-4-3-8(7-9(10)12(15)16)21(17,18)13-6-5-11(14)20-2/h3-4,7,13H,5-6H2,1-2H3,(H,15,16). The second-order valence-electron chi connectivity index (χ2n) is 3.89. The predicted molar refractivity (Wildman–Crippen MR) is 71.8 cm³/mol. The first-order chi connectivity index (χ1) is 9.81. The molecule has 0 spiro atoms. The van der Waals surface area contributed by atoms with Gasteiger partial charge in [-0.3, -0.25) is 4.79 Å². The Balaban J connectivity index is 2.96. The van der Waals surface area contributed by atoms with Gasteiger partial charge in [-0.2, -0.15) is 0 Å². The molecule has 0 fully saturated rings. The zero-order chi connectivity index (χ0) is 16.0. The van der Waals surface area contributed by atoms with E-state index in [1.165, 1.54) is 26.4 Å². The van der Waals surface area contributed by atoms with Gasteiger partial charge in [0.25, 0.3) is 0 Å². The summed E-state index contributed by atoms with van der Waals surface area (Å²) in [6, 6.07) is 3.45. The number of carboxylic acids is 1. The first-order valence-corrected chi connectivity index (χ1v) is 7.28. The highest BCUT2D eigenvalue weighted by atomic mass is 32.2. The Bertz CT molecular complexity index is 639. The second kappa shape index (κ2) is 7.04. The minimum Gasteiger partial charge on any atom is -0.496 e. The summed E-state index contributed by atoms with van der Waals surface area (Å²) in [4.78, 5) is 21.7. The van der Waals surface area contributed by atoms with Crippen molar-refractivity contribution >= 4 is 22.0 Å². The number of methoxy groups -OCH3 is 2. The van der Waals surface area contributed by atoms with Gasteiger partial charge in [0.1, 0.15) is 11.3 Å². The molecule has 0 aromatic heterocycles. The highest BCUT2D eigenvalue weighted by Crippen LogP contribution is 2.22. The average Bonchev–Trinajstić information content (AvgIpc) is 2.45. The van der Waals surface area contributed by atoms with Crippen molar-refractivity contribution in [1.82, 2.24) is 4.72 Å². The average molecular weight is 317 g/mol. The van der Waals surface area contributed by atoms with Crippen molar-refractivity contribution < 1.29 is 32.6 Å². The number of benzene rings is 1. The van der Waals surface area contributed by atoms with Crippen molar-refractivity contribution in [3.05, 3.63) is 23.8 Å². The summed E-state index contributed by atoms with van der Waals surface area (Å²) in [5.74, 6) is -1.81. The quantitative estimate of drug-likeness (QED) is 0.691. The molecule has 0 aliphatic rings. The number of rotatable bonds is 7. The number of sulfonamides is 1. The lowest BCUT2D eigenvalue weighted by molar-refractivity contribution is -0.140. The maximum atomic E-state index is 12.0. The van der Waals surface area contributed by atoms with Crippen molar-refractivity contribution in [3.8, 4) is 5.75 Å². The molecule has 0 saturated heterocycles. The first kappa shape index (κ1) is 16.9. The van der Waals surface area contributed by atoms with E-state index in [0.29, 0.717) is 0 Å². The smallest absolute Gasteiger partial charge is 0.339 e. The summed E-state index contributed by atoms with van der Waals surface area (Å²) < 4.78 is 35.4. The van der Waals surface area contributed by atoms with Crippen molar-refractivity contribution in [2.45, 2.75) is 11.3 Å². The van der Waals surface area contributed by atoms with Crippen molar-refractivity contribution in [3.63, 3.8) is 0 Å². The molecule has 1 aromatic carbocycles. The van der Waals surface area contributed by atoms with Crippen LogP contribution in [0.1, 0.15) is 16.8 Å². The van der Waals surface area contributed by atoms with Crippen LogP contribution in [0.4, 0.5) is 0 Å². The molecule has 9 heteroatoms. The molecule has 2 N–H and O–H groups in total. The van der Waals surface area contributed by atoms with Crippen LogP contribution in [-0.4, -0.2) is 46.2 Å². The Labute approximate surface area is 121 Å². The van der Waals surface area contributed by atoms with E-state index in [2.05, 4.69) is 9.46 Å². The Hall–Kier alpha value is -2.13. The fourth-order valence-electron chi connectivity index (χ4n) is 1.49. The summed E-state index contributed by atoms with van der Waals surface area (Å²) in [6.07, 6.45) is -0.127. The van der Waals surface area contributed by atoms with Crippen molar-refractivity contribution in [2.75, 3.05) is 20.8 Å². The summed E-state index contributed by atoms with van der Waals surface area (Å²) in [5, 5.41) is 9.01. The second-order valence-corrected chi connectivity index (χ2v) is 5.66. The number of esters is 1. The number of carbonyl (C=O) groups excluding carboxylic acids is 1. The van der Waals surface area contributed by atoms with Gasteiger partial charge in [-0.05, 0) is 18.2 Å². The molecule has 0 atom stereocenters. The number of ether oxygens (including phenoxy) is 2. The molecule has 0 saturated carbocycles. The third-order valence-electron chi connectivity index (χ3n) is 2.56. The van der Waals surface area contributed by atoms with Gasteiger partial charge in [-0.1, -0.05) is 0 Å². The fourth-order valence-corrected chi connectivity index (χ4v) is 2.55. The van der Waals surface area contributed by atoms with Gasteiger partial charge in [0.05, 0.1) is 25.5 Å². The summed E-state index contributed by atoms with van der Waals surface area (Å²) >= 11 is 0. The van der Waals surface area contributed by atoms with Crippen LogP contribution in [0.25, 0.3) is 0 Å². The molecular formula is C12H15NO7S. The Kier molecular flexibility index (Phi) is 5.68. The van der Waals surface area contributed by atoms with E-state index < -0.39 is 22.0 Å². The van der Waals surface area contributed by atoms with Gasteiger partial charge in [0, 0.05) is 6.54 Å². The highest BCUT2D eigenvalue weighted by Gasteiger charge is 2.19. The molecule has 21 heavy (non-hydrogen) atoms. The Morgan fingerprint density at radius 2 is 1.95 bits per heavy atom. The van der Waals surface area contributed by atoms with E-state index in [1.807, 2.05) is 0 Å². The summed E-state index contributed by atoms with van der Waals surface area (Å²) in [7, 11) is -1.45. The van der Waals surface area contributed by atoms with Crippen LogP contribution < -0.4 is 9.46 Å². The van der Waals surface area contributed by atoms with Gasteiger partial charge < -0.3 is 14.6 Å². The van der Waals surface area contributed by atoms with E-state index in [1.54, 1.807) is 0 Å². The summed E-state index contributed by atoms with van der Waals surface area (Å²) in [6.45, 7) is -0.149. The van der Waals surface area contributed by atoms with E-state index in [-0.39, 0.29) is 29.2 Å². The lowest BCUT2D eigenvalue weighted by atomic mass is 10.2. The Morgan fingerprint density at radius 3 is 2.48 bits per heavy atom. The maximum absolute atomic E-state index is 12.0. The normalized spacial score (nSPS) is 11.0. The van der Waals surface area contributed by atoms with E-state index in [0.717, 1.165) is 6.07 Å². The molecule has 0 bridgehead atoms. The molecule has 1 rings (SSSR count). The molecule has 1 aromatic rings. The number of carboxylic acid groups (broad SMARTS) is 1. The lowest BCUT2D eigenvalue weighted by Crippen LogP contribution is -2.26. The van der Waals surface area contributed by atoms with Gasteiger partial charge in [0.2, 0.25) is 10.0 Å². The molecule has 0 aliphatic carbocycles. The molecule has 0 radical (unpaired) electrons. The van der Waals surface area contributed by atoms with Crippen molar-refractivity contribution in [2.24, 2.45) is 0 Å². The van der Waals surface area contributed by atoms with Crippen LogP contribution in [0.3, 0.4) is 0 Å². The molecule has 0 unspecified atom stereocenters. The van der Waals surface area contributed by atoms with Crippen molar-refractivity contribution in [1.29, 1.82) is 0 Å². The molecule has 116 valence electrons. The largest absolute Gasteiger partial charge is 0.496 e. The third-order valence-corrected chi connectivity index (χ3v) is 4.02. The van der Waals surface area contributed by atoms with Crippen LogP contribution in [0.2, 0.25) is 0 Å². The minimum atomic E-state index is -3.92. The predicted octanol–water partition coefficient (Wildman–Crippen LogP) is 0.235. The zero-order valence-corrected chi connectivity index (χ0v) is 12.3. The minimum absolute atomic E-state index is 0.0519. The number of nitrogens with one attached hydrogen (secondary N) is 1. The molecular weight excluding hydrogens is 302 g/mol. The number of hydrogen-bond acceptors (Lipinski definition) is 6. The molecule has 0 amide bonds. The van der Waals surface area contributed by atoms with Crippen LogP contribution in [0.5, 0.6) is 5.75 Å². The van der Waals surface area contributed by atoms with Gasteiger partial charge in [0.15, 0.2) is 0 Å². The SMILES string of the molecule is COC(=O)CCNS(=O)(=O)c1ccc(OC)c(C(=O)O)c1. The van der Waals surface area contributed by atoms with Gasteiger partial charge in [-0.25, -0.2) is 17.9 Å². The van der Waals surface area contributed by atoms with Crippen LogP contribution in [0, 0.1) is 0 Å². The zero-order valence-electron chi connectivity index (χ0n) is 11.5. The highest BCUT2D eigenvalue weighted by molar-refractivity contribution is 7.89. The van der Waals surface area contributed by atoms with E-state index in [4.69, 9.17) is 9.84 Å². The van der Waals surface area contributed by atoms with E-state index in [9.17, 15) is 18.0 Å². The fraction of sp³-hybridized carbons (Fsp3) is 0.333. The van der Waals surface area contributed by atoms with Gasteiger partial charge >= 0.3 is 11.9 Å². The van der Waals surface area contributed by atoms with Gasteiger partial charge in [-0.15, -0.1) is 0 Å². The topological polar surface area (TPSA) is 119 Å². The molecule has 0 aliphatic heterocycles. The number of carbonyl (C=O) groups is 2. The Morgan fingerprint density at radius 1 is 1.29 bits per heavy atom. The first-order valence-electron chi connectivity index (χ1n) is 5.79. The monoisotopic (exact) mass is 317 g/mol. The number of aromatic carboxylic acids is 1. The van der Waals surface area contributed by atoms with E-state index >= 15 is 0 Å². The van der Waals surface area contributed by atoms with Crippen LogP contribution in [0.15, 0.2) is 23.1 Å².